The Kier molecular flexibility index (Phi) is 7.33. The summed E-state index contributed by atoms with van der Waals surface area (Å²) in [5, 5.41) is 12.3. The third-order valence-electron chi connectivity index (χ3n) is 3.89. The molecular weight excluding hydrogens is 392 g/mol. The van der Waals surface area contributed by atoms with Crippen molar-refractivity contribution in [2.24, 2.45) is 5.10 Å². The molecule has 1 amide bonds. The number of nitriles is 1. The van der Waals surface area contributed by atoms with Gasteiger partial charge in [0.15, 0.2) is 6.61 Å². The molecule has 0 aliphatic rings. The van der Waals surface area contributed by atoms with Crippen LogP contribution in [0.1, 0.15) is 16.7 Å². The number of aryl methyl sites for hydroxylation is 2. The summed E-state index contributed by atoms with van der Waals surface area (Å²) >= 11 is 0. The number of hydrogen-bond acceptors (Lipinski definition) is 6. The zero-order valence-corrected chi connectivity index (χ0v) is 17.2. The van der Waals surface area contributed by atoms with Crippen LogP contribution in [0, 0.1) is 25.2 Å². The first kappa shape index (κ1) is 21.9. The lowest BCUT2D eigenvalue weighted by atomic mass is 10.1. The number of rotatable bonds is 8. The molecule has 8 nitrogen and oxygen atoms in total. The van der Waals surface area contributed by atoms with E-state index in [2.05, 4.69) is 10.5 Å². The molecular formula is C20H22N4O4S. The van der Waals surface area contributed by atoms with Gasteiger partial charge in [0, 0.05) is 0 Å². The summed E-state index contributed by atoms with van der Waals surface area (Å²) in [7, 11) is -3.65. The van der Waals surface area contributed by atoms with Gasteiger partial charge in [0.05, 0.1) is 18.2 Å². The Morgan fingerprint density at radius 2 is 1.93 bits per heavy atom. The molecule has 1 N–H and O–H groups in total. The van der Waals surface area contributed by atoms with Crippen molar-refractivity contribution in [2.75, 3.05) is 23.7 Å². The highest BCUT2D eigenvalue weighted by atomic mass is 32.2. The van der Waals surface area contributed by atoms with E-state index in [-0.39, 0.29) is 13.2 Å². The number of carbonyl (C=O) groups excluding carboxylic acids is 1. The van der Waals surface area contributed by atoms with Crippen LogP contribution in [0.15, 0.2) is 47.6 Å². The van der Waals surface area contributed by atoms with E-state index in [0.717, 1.165) is 21.7 Å². The minimum atomic E-state index is -3.65. The molecule has 2 aromatic rings. The summed E-state index contributed by atoms with van der Waals surface area (Å²) in [6, 6.07) is 14.0. The zero-order chi connectivity index (χ0) is 21.4. The van der Waals surface area contributed by atoms with E-state index in [1.807, 2.05) is 19.1 Å². The molecule has 0 unspecified atom stereocenters. The molecule has 0 radical (unpaired) electrons. The smallest absolute Gasteiger partial charge is 0.260 e. The first-order valence-corrected chi connectivity index (χ1v) is 10.5. The number of ether oxygens (including phenoxy) is 1. The van der Waals surface area contributed by atoms with E-state index in [0.29, 0.717) is 17.0 Å². The molecule has 0 aromatic heterocycles. The number of hydrazone groups is 1. The number of benzene rings is 2. The second-order valence-electron chi connectivity index (χ2n) is 6.37. The number of nitrogens with zero attached hydrogens (tertiary/aromatic N) is 3. The monoisotopic (exact) mass is 414 g/mol. The van der Waals surface area contributed by atoms with Gasteiger partial charge in [-0.1, -0.05) is 17.7 Å². The maximum atomic E-state index is 12.2. The van der Waals surface area contributed by atoms with Crippen molar-refractivity contribution in [2.45, 2.75) is 13.8 Å². The fourth-order valence-corrected chi connectivity index (χ4v) is 3.49. The van der Waals surface area contributed by atoms with Crippen LogP contribution < -0.4 is 14.5 Å². The molecule has 152 valence electrons. The lowest BCUT2D eigenvalue weighted by Gasteiger charge is -2.23. The van der Waals surface area contributed by atoms with Gasteiger partial charge in [-0.25, -0.2) is 13.8 Å². The number of sulfonamides is 1. The normalized spacial score (nSPS) is 11.1. The zero-order valence-electron chi connectivity index (χ0n) is 16.4. The van der Waals surface area contributed by atoms with E-state index >= 15 is 0 Å². The summed E-state index contributed by atoms with van der Waals surface area (Å²) in [5.41, 5.74) is 5.23. The van der Waals surface area contributed by atoms with Crippen molar-refractivity contribution >= 4 is 27.8 Å². The maximum Gasteiger partial charge on any atom is 0.260 e. The highest BCUT2D eigenvalue weighted by Gasteiger charge is 2.22. The quantitative estimate of drug-likeness (QED) is 0.525. The van der Waals surface area contributed by atoms with Gasteiger partial charge in [-0.3, -0.25) is 9.10 Å². The lowest BCUT2D eigenvalue weighted by Crippen LogP contribution is -2.39. The molecule has 0 fully saturated rings. The Morgan fingerprint density at radius 1 is 1.24 bits per heavy atom. The fourth-order valence-electron chi connectivity index (χ4n) is 2.58. The van der Waals surface area contributed by atoms with Gasteiger partial charge in [0.1, 0.15) is 18.4 Å². The van der Waals surface area contributed by atoms with Crippen molar-refractivity contribution in [1.82, 2.24) is 5.43 Å². The first-order chi connectivity index (χ1) is 13.7. The standard InChI is InChI=1S/C20H22N4O4S/c1-15-4-9-19(16(2)12-15)24(29(3,26)27)14-20(25)23-22-13-17-5-7-18(8-6-17)28-11-10-21/h4-9,12-13H,11,14H2,1-3H3,(H,23,25). The Hall–Kier alpha value is -3.38. The topological polar surface area (TPSA) is 112 Å². The van der Waals surface area contributed by atoms with Crippen LogP contribution >= 0.6 is 0 Å². The van der Waals surface area contributed by atoms with E-state index in [4.69, 9.17) is 10.00 Å². The lowest BCUT2D eigenvalue weighted by molar-refractivity contribution is -0.119. The van der Waals surface area contributed by atoms with Crippen molar-refractivity contribution < 1.29 is 17.9 Å². The minimum Gasteiger partial charge on any atom is -0.479 e. The molecule has 0 aliphatic heterocycles. The fraction of sp³-hybridized carbons (Fsp3) is 0.250. The van der Waals surface area contributed by atoms with Crippen LogP contribution in [0.2, 0.25) is 0 Å². The average molecular weight is 414 g/mol. The van der Waals surface area contributed by atoms with Gasteiger partial charge in [0.25, 0.3) is 5.91 Å². The molecule has 2 rings (SSSR count). The Bertz CT molecular complexity index is 1040. The number of anilines is 1. The van der Waals surface area contributed by atoms with Crippen molar-refractivity contribution in [1.29, 1.82) is 5.26 Å². The van der Waals surface area contributed by atoms with Gasteiger partial charge < -0.3 is 4.74 Å². The molecule has 0 aliphatic carbocycles. The molecule has 0 atom stereocenters. The number of carbonyl (C=O) groups is 1. The molecule has 0 heterocycles. The van der Waals surface area contributed by atoms with Crippen LogP contribution in [0.4, 0.5) is 5.69 Å². The van der Waals surface area contributed by atoms with Gasteiger partial charge in [-0.15, -0.1) is 0 Å². The Labute approximate surface area is 170 Å². The summed E-state index contributed by atoms with van der Waals surface area (Å²) in [6.07, 6.45) is 2.48. The van der Waals surface area contributed by atoms with Crippen LogP contribution in [-0.4, -0.2) is 39.9 Å². The second-order valence-corrected chi connectivity index (χ2v) is 8.28. The maximum absolute atomic E-state index is 12.2. The van der Waals surface area contributed by atoms with Gasteiger partial charge in [0.2, 0.25) is 10.0 Å². The molecule has 29 heavy (non-hydrogen) atoms. The van der Waals surface area contributed by atoms with Gasteiger partial charge in [-0.2, -0.15) is 10.4 Å². The predicted molar refractivity (Wildman–Crippen MR) is 111 cm³/mol. The molecule has 0 saturated heterocycles. The van der Waals surface area contributed by atoms with Crippen molar-refractivity contribution in [3.05, 3.63) is 59.2 Å². The highest BCUT2D eigenvalue weighted by Crippen LogP contribution is 2.23. The summed E-state index contributed by atoms with van der Waals surface area (Å²) in [4.78, 5) is 12.2. The van der Waals surface area contributed by atoms with Gasteiger partial charge in [-0.05, 0) is 55.3 Å². The summed E-state index contributed by atoms with van der Waals surface area (Å²) < 4.78 is 30.6. The minimum absolute atomic E-state index is 0.0409. The number of nitrogens with one attached hydrogen (secondary N) is 1. The van der Waals surface area contributed by atoms with Crippen LogP contribution in [0.5, 0.6) is 5.75 Å². The highest BCUT2D eigenvalue weighted by molar-refractivity contribution is 7.92. The average Bonchev–Trinajstić information content (AvgIpc) is 2.65. The van der Waals surface area contributed by atoms with Crippen LogP contribution in [0.25, 0.3) is 0 Å². The molecule has 0 saturated carbocycles. The van der Waals surface area contributed by atoms with E-state index in [1.54, 1.807) is 43.3 Å². The molecule has 0 bridgehead atoms. The Balaban J connectivity index is 2.03. The SMILES string of the molecule is Cc1ccc(N(CC(=O)NN=Cc2ccc(OCC#N)cc2)S(C)(=O)=O)c(C)c1. The Morgan fingerprint density at radius 3 is 2.52 bits per heavy atom. The summed E-state index contributed by atoms with van der Waals surface area (Å²) in [6.45, 7) is 3.27. The van der Waals surface area contributed by atoms with Crippen molar-refractivity contribution in [3.63, 3.8) is 0 Å². The third kappa shape index (κ3) is 6.62. The van der Waals surface area contributed by atoms with E-state index in [9.17, 15) is 13.2 Å². The first-order valence-electron chi connectivity index (χ1n) is 8.67. The predicted octanol–water partition coefficient (Wildman–Crippen LogP) is 2.12. The van der Waals surface area contributed by atoms with Crippen LogP contribution in [-0.2, 0) is 14.8 Å². The molecule has 9 heteroatoms. The van der Waals surface area contributed by atoms with Crippen molar-refractivity contribution in [3.8, 4) is 11.8 Å². The van der Waals surface area contributed by atoms with E-state index in [1.165, 1.54) is 6.21 Å². The number of hydrogen-bond donors (Lipinski definition) is 1. The summed E-state index contributed by atoms with van der Waals surface area (Å²) in [5.74, 6) is -0.0226. The molecule has 2 aromatic carbocycles. The third-order valence-corrected chi connectivity index (χ3v) is 5.02. The second kappa shape index (κ2) is 9.71. The van der Waals surface area contributed by atoms with E-state index < -0.39 is 15.9 Å². The van der Waals surface area contributed by atoms with Crippen LogP contribution in [0.3, 0.4) is 0 Å². The molecule has 0 spiro atoms. The van der Waals surface area contributed by atoms with Gasteiger partial charge >= 0.3 is 0 Å². The largest absolute Gasteiger partial charge is 0.479 e. The number of amides is 1.